The number of hydrogen-bond acceptors (Lipinski definition) is 2. The van der Waals surface area contributed by atoms with Crippen LogP contribution >= 0.6 is 0 Å². The molecule has 2 nitrogen and oxygen atoms in total. The Balaban J connectivity index is 2.55. The van der Waals surface area contributed by atoms with E-state index in [9.17, 15) is 18.0 Å². The third-order valence-electron chi connectivity index (χ3n) is 2.62. The first kappa shape index (κ1) is 16.3. The molecule has 0 atom stereocenters. The van der Waals surface area contributed by atoms with Crippen LogP contribution in [0.1, 0.15) is 37.3 Å². The maximum absolute atomic E-state index is 12.5. The predicted octanol–water partition coefficient (Wildman–Crippen LogP) is 4.45. The van der Waals surface area contributed by atoms with Crippen LogP contribution in [0, 0.1) is 0 Å². The van der Waals surface area contributed by atoms with Gasteiger partial charge >= 0.3 is 12.1 Å². The molecule has 0 aliphatic heterocycles. The van der Waals surface area contributed by atoms with E-state index in [1.165, 1.54) is 18.2 Å². The Morgan fingerprint density at radius 2 is 2.05 bits per heavy atom. The number of unbranched alkanes of at least 4 members (excludes halogenated alkanes) is 2. The van der Waals surface area contributed by atoms with E-state index in [2.05, 4.69) is 0 Å². The van der Waals surface area contributed by atoms with Gasteiger partial charge in [-0.1, -0.05) is 31.9 Å². The minimum absolute atomic E-state index is 0.310. The molecule has 0 heterocycles. The van der Waals surface area contributed by atoms with Gasteiger partial charge in [-0.2, -0.15) is 13.2 Å². The molecule has 0 aromatic heterocycles. The smallest absolute Gasteiger partial charge is 0.416 e. The highest BCUT2D eigenvalue weighted by Gasteiger charge is 2.30. The monoisotopic (exact) mass is 286 g/mol. The zero-order valence-electron chi connectivity index (χ0n) is 11.2. The summed E-state index contributed by atoms with van der Waals surface area (Å²) in [6.45, 7) is 2.37. The Kier molecular flexibility index (Phi) is 6.28. The van der Waals surface area contributed by atoms with Crippen molar-refractivity contribution in [3.63, 3.8) is 0 Å². The first-order valence-corrected chi connectivity index (χ1v) is 6.45. The van der Waals surface area contributed by atoms with Gasteiger partial charge in [0.15, 0.2) is 0 Å². The average molecular weight is 286 g/mol. The number of esters is 1. The fraction of sp³-hybridized carbons (Fsp3) is 0.400. The van der Waals surface area contributed by atoms with E-state index < -0.39 is 17.7 Å². The molecule has 0 aliphatic rings. The number of carbonyl (C=O) groups is 1. The summed E-state index contributed by atoms with van der Waals surface area (Å²) in [5.74, 6) is -0.543. The number of halogens is 3. The number of carbonyl (C=O) groups excluding carboxylic acids is 1. The van der Waals surface area contributed by atoms with Gasteiger partial charge in [-0.3, -0.25) is 0 Å². The number of rotatable bonds is 6. The normalized spacial score (nSPS) is 11.8. The summed E-state index contributed by atoms with van der Waals surface area (Å²) in [6.07, 6.45) is 0.866. The van der Waals surface area contributed by atoms with Crippen LogP contribution < -0.4 is 0 Å². The molecule has 1 rings (SSSR count). The highest BCUT2D eigenvalue weighted by molar-refractivity contribution is 5.87. The van der Waals surface area contributed by atoms with Crippen molar-refractivity contribution in [3.8, 4) is 0 Å². The highest BCUT2D eigenvalue weighted by Crippen LogP contribution is 2.29. The Hall–Kier alpha value is -1.78. The van der Waals surface area contributed by atoms with Gasteiger partial charge in [0.1, 0.15) is 0 Å². The van der Waals surface area contributed by atoms with Gasteiger partial charge in [0.05, 0.1) is 12.2 Å². The maximum atomic E-state index is 12.5. The summed E-state index contributed by atoms with van der Waals surface area (Å²) < 4.78 is 42.4. The minimum atomic E-state index is -4.38. The van der Waals surface area contributed by atoms with E-state index in [0.717, 1.165) is 37.5 Å². The Bertz CT molecular complexity index is 464. The molecule has 0 aliphatic carbocycles. The molecular weight excluding hydrogens is 269 g/mol. The van der Waals surface area contributed by atoms with Crippen molar-refractivity contribution < 1.29 is 22.7 Å². The molecule has 0 fully saturated rings. The third-order valence-corrected chi connectivity index (χ3v) is 2.62. The molecule has 0 saturated heterocycles. The number of alkyl halides is 3. The summed E-state index contributed by atoms with van der Waals surface area (Å²) in [5.41, 5.74) is -0.429. The van der Waals surface area contributed by atoms with E-state index in [1.54, 1.807) is 0 Å². The van der Waals surface area contributed by atoms with Crippen LogP contribution in [-0.4, -0.2) is 12.6 Å². The first-order chi connectivity index (χ1) is 9.43. The van der Waals surface area contributed by atoms with E-state index in [1.807, 2.05) is 6.92 Å². The largest absolute Gasteiger partial charge is 0.463 e. The number of hydrogen-bond donors (Lipinski definition) is 0. The molecule has 1 aromatic rings. The molecule has 0 bridgehead atoms. The Labute approximate surface area is 116 Å². The van der Waals surface area contributed by atoms with Crippen LogP contribution in [0.4, 0.5) is 13.2 Å². The zero-order valence-corrected chi connectivity index (χ0v) is 11.2. The van der Waals surface area contributed by atoms with Crippen LogP contribution in [0.25, 0.3) is 6.08 Å². The second-order valence-corrected chi connectivity index (χ2v) is 4.33. The molecule has 0 N–H and O–H groups in total. The van der Waals surface area contributed by atoms with Crippen molar-refractivity contribution in [2.75, 3.05) is 6.61 Å². The van der Waals surface area contributed by atoms with Gasteiger partial charge in [0.2, 0.25) is 0 Å². The average Bonchev–Trinajstić information content (AvgIpc) is 2.41. The Morgan fingerprint density at radius 3 is 2.70 bits per heavy atom. The van der Waals surface area contributed by atoms with Crippen molar-refractivity contribution >= 4 is 12.0 Å². The summed E-state index contributed by atoms with van der Waals surface area (Å²) in [6, 6.07) is 4.77. The van der Waals surface area contributed by atoms with Gasteiger partial charge < -0.3 is 4.74 Å². The molecule has 0 saturated carbocycles. The van der Waals surface area contributed by atoms with Crippen molar-refractivity contribution in [2.24, 2.45) is 0 Å². The quantitative estimate of drug-likeness (QED) is 0.438. The molecule has 20 heavy (non-hydrogen) atoms. The van der Waals surface area contributed by atoms with Crippen molar-refractivity contribution in [3.05, 3.63) is 41.5 Å². The standard InChI is InChI=1S/C15H17F3O2/c1-2-3-4-10-20-14(19)9-8-12-6-5-7-13(11-12)15(16,17)18/h5-9,11H,2-4,10H2,1H3/b9-8+. The van der Waals surface area contributed by atoms with Crippen LogP contribution in [0.5, 0.6) is 0 Å². The summed E-state index contributed by atoms with van der Waals surface area (Å²) >= 11 is 0. The van der Waals surface area contributed by atoms with Gasteiger partial charge in [0.25, 0.3) is 0 Å². The van der Waals surface area contributed by atoms with Crippen molar-refractivity contribution in [2.45, 2.75) is 32.4 Å². The van der Waals surface area contributed by atoms with E-state index in [4.69, 9.17) is 4.74 Å². The Morgan fingerprint density at radius 1 is 1.30 bits per heavy atom. The lowest BCUT2D eigenvalue weighted by molar-refractivity contribution is -0.138. The number of ether oxygens (including phenoxy) is 1. The lowest BCUT2D eigenvalue weighted by atomic mass is 10.1. The van der Waals surface area contributed by atoms with Crippen LogP contribution in [0.2, 0.25) is 0 Å². The number of benzene rings is 1. The second-order valence-electron chi connectivity index (χ2n) is 4.33. The van der Waals surface area contributed by atoms with Gasteiger partial charge in [-0.25, -0.2) is 4.79 Å². The van der Waals surface area contributed by atoms with E-state index >= 15 is 0 Å². The highest BCUT2D eigenvalue weighted by atomic mass is 19.4. The summed E-state index contributed by atoms with van der Waals surface area (Å²) in [7, 11) is 0. The van der Waals surface area contributed by atoms with Gasteiger partial charge in [-0.15, -0.1) is 0 Å². The molecule has 0 radical (unpaired) electrons. The molecular formula is C15H17F3O2. The lowest BCUT2D eigenvalue weighted by Crippen LogP contribution is -2.04. The fourth-order valence-electron chi connectivity index (χ4n) is 1.56. The van der Waals surface area contributed by atoms with E-state index in [0.29, 0.717) is 12.2 Å². The maximum Gasteiger partial charge on any atom is 0.416 e. The van der Waals surface area contributed by atoms with E-state index in [-0.39, 0.29) is 0 Å². The summed E-state index contributed by atoms with van der Waals surface area (Å²) in [5, 5.41) is 0. The topological polar surface area (TPSA) is 26.3 Å². The zero-order chi connectivity index (χ0) is 15.0. The SMILES string of the molecule is CCCCCOC(=O)/C=C/c1cccc(C(F)(F)F)c1. The molecule has 1 aromatic carbocycles. The lowest BCUT2D eigenvalue weighted by Gasteiger charge is -2.06. The van der Waals surface area contributed by atoms with Crippen molar-refractivity contribution in [1.82, 2.24) is 0 Å². The molecule has 5 heteroatoms. The predicted molar refractivity (Wildman–Crippen MR) is 71.0 cm³/mol. The first-order valence-electron chi connectivity index (χ1n) is 6.45. The van der Waals surface area contributed by atoms with Gasteiger partial charge in [-0.05, 0) is 30.2 Å². The van der Waals surface area contributed by atoms with Gasteiger partial charge in [0, 0.05) is 6.08 Å². The minimum Gasteiger partial charge on any atom is -0.463 e. The van der Waals surface area contributed by atoms with Crippen LogP contribution in [-0.2, 0) is 15.7 Å². The molecule has 0 amide bonds. The fourth-order valence-corrected chi connectivity index (χ4v) is 1.56. The summed E-state index contributed by atoms with van der Waals surface area (Å²) in [4.78, 5) is 11.3. The van der Waals surface area contributed by atoms with Crippen LogP contribution in [0.3, 0.4) is 0 Å². The third kappa shape index (κ3) is 5.91. The molecule has 0 spiro atoms. The van der Waals surface area contributed by atoms with Crippen molar-refractivity contribution in [1.29, 1.82) is 0 Å². The second kappa shape index (κ2) is 7.72. The molecule has 110 valence electrons. The van der Waals surface area contributed by atoms with Crippen LogP contribution in [0.15, 0.2) is 30.3 Å². The molecule has 0 unspecified atom stereocenters.